The zero-order chi connectivity index (χ0) is 17.1. The van der Waals surface area contributed by atoms with Gasteiger partial charge >= 0.3 is 0 Å². The van der Waals surface area contributed by atoms with Crippen molar-refractivity contribution in [3.05, 3.63) is 88.2 Å². The molecular weight excluding hydrogens is 314 g/mol. The van der Waals surface area contributed by atoms with Crippen LogP contribution in [0.3, 0.4) is 0 Å². The number of fused-ring (bicyclic) bond motifs is 1. The summed E-state index contributed by atoms with van der Waals surface area (Å²) in [5, 5.41) is 14.9. The number of hydrogen-bond acceptors (Lipinski definition) is 4. The van der Waals surface area contributed by atoms with Crippen molar-refractivity contribution in [2.45, 2.75) is 13.1 Å². The number of nitrogens with one attached hydrogen (secondary N) is 2. The zero-order valence-corrected chi connectivity index (χ0v) is 13.5. The molecule has 2 heterocycles. The molecule has 0 amide bonds. The number of aromatic nitrogens is 4. The standard InChI is InChI=1S/C19H17N5O/c25-17-11-16-18(23-24(17)13-15-9-5-2-6-10-15)19(22-21-16)20-12-14-7-3-1-4-8-14/h1-11,21H,12-13H2,(H,20,22). The van der Waals surface area contributed by atoms with Crippen molar-refractivity contribution in [3.8, 4) is 0 Å². The van der Waals surface area contributed by atoms with Gasteiger partial charge in [0.1, 0.15) is 0 Å². The Kier molecular flexibility index (Phi) is 4.00. The molecule has 0 aliphatic carbocycles. The van der Waals surface area contributed by atoms with Gasteiger partial charge in [-0.1, -0.05) is 60.7 Å². The van der Waals surface area contributed by atoms with E-state index in [-0.39, 0.29) is 5.56 Å². The SMILES string of the molecule is O=c1cc2[nH]nc(NCc3ccccc3)c2nn1Cc1ccccc1. The van der Waals surface area contributed by atoms with E-state index in [9.17, 15) is 4.79 Å². The molecule has 25 heavy (non-hydrogen) atoms. The summed E-state index contributed by atoms with van der Waals surface area (Å²) in [4.78, 5) is 12.3. The predicted molar refractivity (Wildman–Crippen MR) is 97.5 cm³/mol. The number of aromatic amines is 1. The molecule has 0 radical (unpaired) electrons. The van der Waals surface area contributed by atoms with E-state index in [1.165, 1.54) is 10.7 Å². The highest BCUT2D eigenvalue weighted by Crippen LogP contribution is 2.17. The molecule has 0 saturated carbocycles. The third-order valence-corrected chi connectivity index (χ3v) is 3.99. The summed E-state index contributed by atoms with van der Waals surface area (Å²) in [6.07, 6.45) is 0. The van der Waals surface area contributed by atoms with Gasteiger partial charge in [0.25, 0.3) is 5.56 Å². The lowest BCUT2D eigenvalue weighted by atomic mass is 10.2. The molecule has 4 rings (SSSR count). The van der Waals surface area contributed by atoms with Crippen LogP contribution in [0.1, 0.15) is 11.1 Å². The van der Waals surface area contributed by atoms with Gasteiger partial charge in [-0.3, -0.25) is 9.89 Å². The summed E-state index contributed by atoms with van der Waals surface area (Å²) in [5.41, 5.74) is 3.31. The molecule has 0 saturated heterocycles. The molecule has 6 heteroatoms. The Balaban J connectivity index is 1.63. The van der Waals surface area contributed by atoms with Crippen LogP contribution >= 0.6 is 0 Å². The van der Waals surface area contributed by atoms with Gasteiger partial charge in [0.15, 0.2) is 11.3 Å². The summed E-state index contributed by atoms with van der Waals surface area (Å²) in [5.74, 6) is 0.640. The summed E-state index contributed by atoms with van der Waals surface area (Å²) in [6.45, 7) is 1.07. The van der Waals surface area contributed by atoms with Gasteiger partial charge in [0, 0.05) is 12.6 Å². The number of anilines is 1. The fourth-order valence-corrected chi connectivity index (χ4v) is 2.69. The van der Waals surface area contributed by atoms with Crippen LogP contribution < -0.4 is 10.9 Å². The van der Waals surface area contributed by atoms with Gasteiger partial charge in [-0.2, -0.15) is 10.2 Å². The van der Waals surface area contributed by atoms with Gasteiger partial charge < -0.3 is 5.32 Å². The van der Waals surface area contributed by atoms with E-state index in [0.717, 1.165) is 11.1 Å². The largest absolute Gasteiger partial charge is 0.363 e. The van der Waals surface area contributed by atoms with Crippen molar-refractivity contribution in [2.24, 2.45) is 0 Å². The van der Waals surface area contributed by atoms with Gasteiger partial charge in [-0.05, 0) is 11.1 Å². The molecule has 0 unspecified atom stereocenters. The van der Waals surface area contributed by atoms with E-state index < -0.39 is 0 Å². The average molecular weight is 331 g/mol. The van der Waals surface area contributed by atoms with Crippen LogP contribution in [0.25, 0.3) is 11.0 Å². The molecular formula is C19H17N5O. The Morgan fingerprint density at radius 2 is 1.64 bits per heavy atom. The van der Waals surface area contributed by atoms with Crippen molar-refractivity contribution >= 4 is 16.9 Å². The minimum Gasteiger partial charge on any atom is -0.363 e. The zero-order valence-electron chi connectivity index (χ0n) is 13.5. The topological polar surface area (TPSA) is 75.6 Å². The normalized spacial score (nSPS) is 10.9. The summed E-state index contributed by atoms with van der Waals surface area (Å²) in [6, 6.07) is 21.4. The molecule has 0 aliphatic rings. The van der Waals surface area contributed by atoms with Crippen molar-refractivity contribution in [3.63, 3.8) is 0 Å². The van der Waals surface area contributed by atoms with Crippen molar-refractivity contribution < 1.29 is 0 Å². The third kappa shape index (κ3) is 3.28. The molecule has 0 spiro atoms. The van der Waals surface area contributed by atoms with Crippen LogP contribution in [0.5, 0.6) is 0 Å². The summed E-state index contributed by atoms with van der Waals surface area (Å²) in [7, 11) is 0. The van der Waals surface area contributed by atoms with Gasteiger partial charge in [0.2, 0.25) is 0 Å². The Morgan fingerprint density at radius 1 is 0.960 bits per heavy atom. The fraction of sp³-hybridized carbons (Fsp3) is 0.105. The molecule has 0 bridgehead atoms. The van der Waals surface area contributed by atoms with Crippen molar-refractivity contribution in [1.29, 1.82) is 0 Å². The van der Waals surface area contributed by atoms with Crippen LogP contribution in [0.2, 0.25) is 0 Å². The second kappa shape index (κ2) is 6.60. The van der Waals surface area contributed by atoms with E-state index >= 15 is 0 Å². The first-order chi connectivity index (χ1) is 12.3. The third-order valence-electron chi connectivity index (χ3n) is 3.99. The maximum atomic E-state index is 12.3. The molecule has 4 aromatic rings. The van der Waals surface area contributed by atoms with E-state index in [1.54, 1.807) is 0 Å². The van der Waals surface area contributed by atoms with Crippen LogP contribution in [-0.4, -0.2) is 20.0 Å². The van der Waals surface area contributed by atoms with Gasteiger partial charge in [0.05, 0.1) is 12.1 Å². The van der Waals surface area contributed by atoms with E-state index in [0.29, 0.717) is 29.9 Å². The Bertz CT molecular complexity index is 1040. The number of nitrogens with zero attached hydrogens (tertiary/aromatic N) is 3. The number of H-pyrrole nitrogens is 1. The lowest BCUT2D eigenvalue weighted by Crippen LogP contribution is -2.22. The Hall–Kier alpha value is -3.41. The molecule has 6 nitrogen and oxygen atoms in total. The first-order valence-electron chi connectivity index (χ1n) is 8.07. The minimum atomic E-state index is -0.158. The Morgan fingerprint density at radius 3 is 2.36 bits per heavy atom. The van der Waals surface area contributed by atoms with Crippen molar-refractivity contribution in [2.75, 3.05) is 5.32 Å². The average Bonchev–Trinajstić information content (AvgIpc) is 3.04. The molecule has 0 atom stereocenters. The second-order valence-corrected chi connectivity index (χ2v) is 5.80. The first-order valence-corrected chi connectivity index (χ1v) is 8.07. The van der Waals surface area contributed by atoms with Crippen LogP contribution in [-0.2, 0) is 13.1 Å². The number of benzene rings is 2. The smallest absolute Gasteiger partial charge is 0.269 e. The quantitative estimate of drug-likeness (QED) is 0.590. The molecule has 0 fully saturated rings. The maximum absolute atomic E-state index is 12.3. The van der Waals surface area contributed by atoms with Crippen molar-refractivity contribution in [1.82, 2.24) is 20.0 Å². The molecule has 2 aromatic heterocycles. The Labute approximate surface area is 144 Å². The highest BCUT2D eigenvalue weighted by atomic mass is 16.1. The summed E-state index contributed by atoms with van der Waals surface area (Å²) >= 11 is 0. The van der Waals surface area contributed by atoms with Crippen LogP contribution in [0, 0.1) is 0 Å². The van der Waals surface area contributed by atoms with E-state index in [4.69, 9.17) is 0 Å². The van der Waals surface area contributed by atoms with Crippen LogP contribution in [0.15, 0.2) is 71.5 Å². The maximum Gasteiger partial charge on any atom is 0.269 e. The van der Waals surface area contributed by atoms with Gasteiger partial charge in [-0.15, -0.1) is 0 Å². The number of hydrogen-bond donors (Lipinski definition) is 2. The first kappa shape index (κ1) is 15.1. The lowest BCUT2D eigenvalue weighted by Gasteiger charge is -2.06. The highest BCUT2D eigenvalue weighted by Gasteiger charge is 2.10. The van der Waals surface area contributed by atoms with Crippen LogP contribution in [0.4, 0.5) is 5.82 Å². The highest BCUT2D eigenvalue weighted by molar-refractivity contribution is 5.84. The molecule has 2 aromatic carbocycles. The van der Waals surface area contributed by atoms with E-state index in [1.807, 2.05) is 60.7 Å². The lowest BCUT2D eigenvalue weighted by molar-refractivity contribution is 0.653. The second-order valence-electron chi connectivity index (χ2n) is 5.80. The number of rotatable bonds is 5. The molecule has 0 aliphatic heterocycles. The van der Waals surface area contributed by atoms with E-state index in [2.05, 4.69) is 20.6 Å². The minimum absolute atomic E-state index is 0.158. The summed E-state index contributed by atoms with van der Waals surface area (Å²) < 4.78 is 1.46. The monoisotopic (exact) mass is 331 g/mol. The molecule has 124 valence electrons. The molecule has 2 N–H and O–H groups in total. The predicted octanol–water partition coefficient (Wildman–Crippen LogP) is 2.78. The fourth-order valence-electron chi connectivity index (χ4n) is 2.69. The van der Waals surface area contributed by atoms with Gasteiger partial charge in [-0.25, -0.2) is 4.68 Å².